The number of benzene rings is 2. The van der Waals surface area contributed by atoms with E-state index in [1.165, 1.54) is 4.57 Å². The molecular formula is C25H24F4N4O3. The lowest BCUT2D eigenvalue weighted by Gasteiger charge is -2.20. The molecule has 0 bridgehead atoms. The molecule has 11 heteroatoms. The smallest absolute Gasteiger partial charge is 0.425 e. The first kappa shape index (κ1) is 24.1. The monoisotopic (exact) mass is 504 g/mol. The van der Waals surface area contributed by atoms with E-state index in [9.17, 15) is 22.8 Å². The number of aromatic nitrogens is 3. The Bertz CT molecular complexity index is 1410. The second kappa shape index (κ2) is 8.49. The molecule has 1 N–H and O–H groups in total. The van der Waals surface area contributed by atoms with Crippen LogP contribution in [0, 0.1) is 18.2 Å². The Hall–Kier alpha value is -3.63. The Morgan fingerprint density at radius 2 is 1.92 bits per heavy atom. The van der Waals surface area contributed by atoms with Gasteiger partial charge in [0.25, 0.3) is 5.91 Å². The zero-order valence-corrected chi connectivity index (χ0v) is 19.7. The molecule has 1 aromatic heterocycles. The SMILES string of the molecule is Cc1ccccc1NC(=O)c1cc(F)c(-n2nc3n(c2=O)CCC2(CC2)C3)cc1O[C@@H](C)C(F)(F)F. The van der Waals surface area contributed by atoms with Gasteiger partial charge in [-0.2, -0.15) is 17.9 Å². The predicted molar refractivity (Wildman–Crippen MR) is 123 cm³/mol. The zero-order chi connectivity index (χ0) is 25.8. The molecule has 1 atom stereocenters. The molecule has 1 fully saturated rings. The van der Waals surface area contributed by atoms with Gasteiger partial charge in [-0.25, -0.2) is 9.18 Å². The number of fused-ring (bicyclic) bond motifs is 1. The van der Waals surface area contributed by atoms with Crippen molar-refractivity contribution in [3.05, 3.63) is 69.7 Å². The van der Waals surface area contributed by atoms with Crippen LogP contribution in [0.25, 0.3) is 5.69 Å². The number of hydrogen-bond donors (Lipinski definition) is 1. The normalized spacial score (nSPS) is 16.9. The number of alkyl halides is 3. The van der Waals surface area contributed by atoms with Gasteiger partial charge in [-0.15, -0.1) is 5.10 Å². The quantitative estimate of drug-likeness (QED) is 0.507. The van der Waals surface area contributed by atoms with E-state index in [0.29, 0.717) is 30.0 Å². The molecular weight excluding hydrogens is 480 g/mol. The van der Waals surface area contributed by atoms with Crippen LogP contribution in [-0.4, -0.2) is 32.5 Å². The Labute approximate surface area is 203 Å². The molecule has 36 heavy (non-hydrogen) atoms. The minimum absolute atomic E-state index is 0.137. The van der Waals surface area contributed by atoms with Gasteiger partial charge in [-0.3, -0.25) is 9.36 Å². The molecule has 1 amide bonds. The second-order valence-corrected chi connectivity index (χ2v) is 9.56. The first-order chi connectivity index (χ1) is 17.0. The van der Waals surface area contributed by atoms with E-state index in [-0.39, 0.29) is 11.1 Å². The molecule has 7 nitrogen and oxygen atoms in total. The van der Waals surface area contributed by atoms with Crippen molar-refractivity contribution < 1.29 is 27.1 Å². The topological polar surface area (TPSA) is 78.2 Å². The number of rotatable bonds is 5. The average molecular weight is 504 g/mol. The Morgan fingerprint density at radius 1 is 1.19 bits per heavy atom. The van der Waals surface area contributed by atoms with Gasteiger partial charge in [0.05, 0.1) is 5.56 Å². The number of nitrogens with zero attached hydrogens (tertiary/aromatic N) is 3. The lowest BCUT2D eigenvalue weighted by Crippen LogP contribution is -2.32. The summed E-state index contributed by atoms with van der Waals surface area (Å²) in [5, 5.41) is 6.87. The molecule has 2 heterocycles. The lowest BCUT2D eigenvalue weighted by molar-refractivity contribution is -0.189. The van der Waals surface area contributed by atoms with E-state index < -0.39 is 41.0 Å². The number of anilines is 1. The van der Waals surface area contributed by atoms with Crippen molar-refractivity contribution in [3.63, 3.8) is 0 Å². The highest BCUT2D eigenvalue weighted by molar-refractivity contribution is 6.06. The third-order valence-electron chi connectivity index (χ3n) is 6.97. The van der Waals surface area contributed by atoms with Gasteiger partial charge in [-0.05, 0) is 56.2 Å². The number of carbonyl (C=O) groups is 1. The number of hydrogen-bond acceptors (Lipinski definition) is 4. The van der Waals surface area contributed by atoms with Crippen molar-refractivity contribution in [2.75, 3.05) is 5.32 Å². The van der Waals surface area contributed by atoms with Crippen molar-refractivity contribution in [2.45, 2.75) is 58.4 Å². The molecule has 1 spiro atoms. The van der Waals surface area contributed by atoms with E-state index in [1.807, 2.05) is 0 Å². The van der Waals surface area contributed by atoms with Crippen LogP contribution in [0.3, 0.4) is 0 Å². The minimum Gasteiger partial charge on any atom is -0.480 e. The molecule has 3 aromatic rings. The maximum Gasteiger partial charge on any atom is 0.425 e. The average Bonchev–Trinajstić information content (AvgIpc) is 3.48. The van der Waals surface area contributed by atoms with E-state index in [2.05, 4.69) is 10.4 Å². The highest BCUT2D eigenvalue weighted by Crippen LogP contribution is 2.53. The summed E-state index contributed by atoms with van der Waals surface area (Å²) in [6, 6.07) is 8.48. The first-order valence-corrected chi connectivity index (χ1v) is 11.6. The minimum atomic E-state index is -4.73. The summed E-state index contributed by atoms with van der Waals surface area (Å²) in [5.41, 5.74) is -0.163. The summed E-state index contributed by atoms with van der Waals surface area (Å²) in [7, 11) is 0. The van der Waals surface area contributed by atoms with Crippen LogP contribution < -0.4 is 15.7 Å². The van der Waals surface area contributed by atoms with Gasteiger partial charge in [0.1, 0.15) is 23.1 Å². The lowest BCUT2D eigenvalue weighted by atomic mass is 9.95. The van der Waals surface area contributed by atoms with Crippen molar-refractivity contribution in [1.29, 1.82) is 0 Å². The molecule has 1 aliphatic heterocycles. The largest absolute Gasteiger partial charge is 0.480 e. The molecule has 0 saturated heterocycles. The summed E-state index contributed by atoms with van der Waals surface area (Å²) in [6.45, 7) is 2.96. The van der Waals surface area contributed by atoms with Gasteiger partial charge >= 0.3 is 11.9 Å². The third kappa shape index (κ3) is 4.38. The summed E-state index contributed by atoms with van der Waals surface area (Å²) in [4.78, 5) is 26.0. The Kier molecular flexibility index (Phi) is 5.68. The van der Waals surface area contributed by atoms with Crippen LogP contribution in [0.5, 0.6) is 5.75 Å². The fraction of sp³-hybridized carbons (Fsp3) is 0.400. The highest BCUT2D eigenvalue weighted by Gasteiger charge is 2.46. The molecule has 5 rings (SSSR count). The summed E-state index contributed by atoms with van der Waals surface area (Å²) in [5.74, 6) is -1.85. The zero-order valence-electron chi connectivity index (χ0n) is 19.7. The first-order valence-electron chi connectivity index (χ1n) is 11.6. The van der Waals surface area contributed by atoms with Crippen molar-refractivity contribution in [2.24, 2.45) is 5.41 Å². The predicted octanol–water partition coefficient (Wildman–Crippen LogP) is 4.79. The molecule has 2 aromatic carbocycles. The van der Waals surface area contributed by atoms with Crippen LogP contribution in [-0.2, 0) is 13.0 Å². The molecule has 1 saturated carbocycles. The van der Waals surface area contributed by atoms with Crippen LogP contribution in [0.4, 0.5) is 23.2 Å². The van der Waals surface area contributed by atoms with Crippen LogP contribution in [0.1, 0.15) is 47.9 Å². The third-order valence-corrected chi connectivity index (χ3v) is 6.97. The van der Waals surface area contributed by atoms with E-state index in [1.54, 1.807) is 31.2 Å². The van der Waals surface area contributed by atoms with Gasteiger partial charge in [-0.1, -0.05) is 18.2 Å². The number of para-hydroxylation sites is 1. The number of carbonyl (C=O) groups excluding carboxylic acids is 1. The van der Waals surface area contributed by atoms with Gasteiger partial charge < -0.3 is 10.1 Å². The molecule has 190 valence electrons. The summed E-state index contributed by atoms with van der Waals surface area (Å²) >= 11 is 0. The van der Waals surface area contributed by atoms with E-state index in [0.717, 1.165) is 43.0 Å². The maximum absolute atomic E-state index is 15.3. The number of amides is 1. The summed E-state index contributed by atoms with van der Waals surface area (Å²) in [6.07, 6.45) is -3.53. The van der Waals surface area contributed by atoms with Gasteiger partial charge in [0.2, 0.25) is 0 Å². The van der Waals surface area contributed by atoms with E-state index >= 15 is 4.39 Å². The molecule has 1 aliphatic carbocycles. The number of ether oxygens (including phenoxy) is 1. The molecule has 2 aliphatic rings. The number of aryl methyl sites for hydroxylation is 1. The standard InChI is InChI=1S/C25H24F4N4O3/c1-14-5-3-4-6-18(14)30-22(34)16-11-17(26)19(12-20(16)36-15(2)25(27,28)29)33-23(35)32-10-9-24(7-8-24)13-21(32)31-33/h3-6,11-12,15H,7-10,13H2,1-2H3,(H,30,34)/t15-/m0/s1. The molecule has 0 unspecified atom stereocenters. The second-order valence-electron chi connectivity index (χ2n) is 9.56. The summed E-state index contributed by atoms with van der Waals surface area (Å²) < 4.78 is 62.6. The van der Waals surface area contributed by atoms with Crippen LogP contribution >= 0.6 is 0 Å². The Morgan fingerprint density at radius 3 is 2.58 bits per heavy atom. The van der Waals surface area contributed by atoms with Gasteiger partial charge in [0.15, 0.2) is 6.10 Å². The highest BCUT2D eigenvalue weighted by atomic mass is 19.4. The Balaban J connectivity index is 1.56. The maximum atomic E-state index is 15.3. The molecule has 0 radical (unpaired) electrons. The van der Waals surface area contributed by atoms with E-state index in [4.69, 9.17) is 4.74 Å². The van der Waals surface area contributed by atoms with Crippen molar-refractivity contribution in [3.8, 4) is 11.4 Å². The fourth-order valence-electron chi connectivity index (χ4n) is 4.47. The fourth-order valence-corrected chi connectivity index (χ4v) is 4.47. The van der Waals surface area contributed by atoms with Crippen LogP contribution in [0.2, 0.25) is 0 Å². The van der Waals surface area contributed by atoms with Crippen molar-refractivity contribution in [1.82, 2.24) is 14.3 Å². The van der Waals surface area contributed by atoms with Gasteiger partial charge in [0, 0.05) is 24.7 Å². The van der Waals surface area contributed by atoms with Crippen molar-refractivity contribution >= 4 is 11.6 Å². The van der Waals surface area contributed by atoms with Crippen LogP contribution in [0.15, 0.2) is 41.2 Å². The number of nitrogens with one attached hydrogen (secondary N) is 1. The number of halogens is 4.